The summed E-state index contributed by atoms with van der Waals surface area (Å²) >= 11 is 0. The van der Waals surface area contributed by atoms with Crippen molar-refractivity contribution in [1.29, 1.82) is 0 Å². The highest BCUT2D eigenvalue weighted by atomic mass is 16.6. The Morgan fingerprint density at radius 3 is 2.57 bits per heavy atom. The van der Waals surface area contributed by atoms with Crippen LogP contribution in [0.2, 0.25) is 0 Å². The Kier molecular flexibility index (Phi) is 5.14. The van der Waals surface area contributed by atoms with Crippen LogP contribution in [0.4, 0.5) is 11.4 Å². The molecule has 0 fully saturated rings. The van der Waals surface area contributed by atoms with Gasteiger partial charge in [-0.3, -0.25) is 14.9 Å². The number of hydrogen-bond donors (Lipinski definition) is 2. The molecule has 0 heterocycles. The van der Waals surface area contributed by atoms with E-state index in [9.17, 15) is 20.0 Å². The predicted octanol–water partition coefficient (Wildman–Crippen LogP) is 3.34. The summed E-state index contributed by atoms with van der Waals surface area (Å²) in [6, 6.07) is 9.91. The van der Waals surface area contributed by atoms with Crippen molar-refractivity contribution in [2.75, 3.05) is 11.9 Å². The Morgan fingerprint density at radius 2 is 1.96 bits per heavy atom. The second kappa shape index (κ2) is 7.26. The summed E-state index contributed by atoms with van der Waals surface area (Å²) < 4.78 is 5.42. The monoisotopic (exact) mass is 316 g/mol. The normalized spacial score (nSPS) is 10.1. The average molecular weight is 316 g/mol. The SMILES string of the molecule is CCCOc1ccc(C(=O)Nc2cc([N+](=O)[O-])ccc2O)cc1. The number of nitro benzene ring substituents is 1. The molecule has 0 aromatic heterocycles. The molecule has 0 atom stereocenters. The lowest BCUT2D eigenvalue weighted by molar-refractivity contribution is -0.384. The summed E-state index contributed by atoms with van der Waals surface area (Å²) in [5.74, 6) is -0.0729. The van der Waals surface area contributed by atoms with E-state index in [-0.39, 0.29) is 17.1 Å². The zero-order valence-electron chi connectivity index (χ0n) is 12.5. The Balaban J connectivity index is 2.12. The van der Waals surface area contributed by atoms with Crippen molar-refractivity contribution in [3.63, 3.8) is 0 Å². The second-order valence-corrected chi connectivity index (χ2v) is 4.79. The lowest BCUT2D eigenvalue weighted by Crippen LogP contribution is -2.12. The van der Waals surface area contributed by atoms with Crippen molar-refractivity contribution in [2.24, 2.45) is 0 Å². The van der Waals surface area contributed by atoms with Gasteiger partial charge in [0.2, 0.25) is 0 Å². The summed E-state index contributed by atoms with van der Waals surface area (Å²) in [4.78, 5) is 22.3. The summed E-state index contributed by atoms with van der Waals surface area (Å²) in [6.45, 7) is 2.58. The van der Waals surface area contributed by atoms with Gasteiger partial charge in [-0.1, -0.05) is 6.92 Å². The molecule has 0 bridgehead atoms. The molecule has 1 amide bonds. The first-order valence-corrected chi connectivity index (χ1v) is 7.03. The van der Waals surface area contributed by atoms with Crippen molar-refractivity contribution in [2.45, 2.75) is 13.3 Å². The molecule has 120 valence electrons. The van der Waals surface area contributed by atoms with Crippen LogP contribution in [-0.2, 0) is 0 Å². The van der Waals surface area contributed by atoms with Gasteiger partial charge >= 0.3 is 0 Å². The number of ether oxygens (including phenoxy) is 1. The zero-order valence-corrected chi connectivity index (χ0v) is 12.5. The number of amides is 1. The number of hydrogen-bond acceptors (Lipinski definition) is 5. The van der Waals surface area contributed by atoms with Gasteiger partial charge in [-0.25, -0.2) is 0 Å². The Morgan fingerprint density at radius 1 is 1.26 bits per heavy atom. The molecular weight excluding hydrogens is 300 g/mol. The minimum absolute atomic E-state index is 0.0180. The number of anilines is 1. The molecule has 2 aromatic rings. The molecule has 7 heteroatoms. The lowest BCUT2D eigenvalue weighted by Gasteiger charge is -2.08. The van der Waals surface area contributed by atoms with Crippen LogP contribution in [0.5, 0.6) is 11.5 Å². The van der Waals surface area contributed by atoms with E-state index in [4.69, 9.17) is 4.74 Å². The number of phenolic OH excluding ortho intramolecular Hbond substituents is 1. The third-order valence-electron chi connectivity index (χ3n) is 3.03. The fourth-order valence-electron chi connectivity index (χ4n) is 1.85. The molecule has 2 rings (SSSR count). The highest BCUT2D eigenvalue weighted by molar-refractivity contribution is 6.05. The van der Waals surface area contributed by atoms with Gasteiger partial charge < -0.3 is 15.2 Å². The standard InChI is InChI=1S/C16H16N2O5/c1-2-9-23-13-6-3-11(4-7-13)16(20)17-14-10-12(18(21)22)5-8-15(14)19/h3-8,10,19H,2,9H2,1H3,(H,17,20). The van der Waals surface area contributed by atoms with Gasteiger partial charge in [0, 0.05) is 17.7 Å². The molecule has 0 aliphatic carbocycles. The molecule has 0 saturated carbocycles. The first-order valence-electron chi connectivity index (χ1n) is 7.03. The molecule has 2 aromatic carbocycles. The van der Waals surface area contributed by atoms with E-state index in [1.54, 1.807) is 24.3 Å². The number of carbonyl (C=O) groups excluding carboxylic acids is 1. The van der Waals surface area contributed by atoms with Gasteiger partial charge in [-0.15, -0.1) is 0 Å². The molecule has 0 saturated heterocycles. The van der Waals surface area contributed by atoms with Gasteiger partial charge in [0.1, 0.15) is 11.5 Å². The zero-order chi connectivity index (χ0) is 16.8. The minimum Gasteiger partial charge on any atom is -0.506 e. The van der Waals surface area contributed by atoms with Crippen LogP contribution in [0.25, 0.3) is 0 Å². The van der Waals surface area contributed by atoms with Gasteiger partial charge in [0.05, 0.1) is 17.2 Å². The molecule has 0 aliphatic rings. The number of nitrogens with zero attached hydrogens (tertiary/aromatic N) is 1. The first kappa shape index (κ1) is 16.3. The van der Waals surface area contributed by atoms with Crippen LogP contribution < -0.4 is 10.1 Å². The van der Waals surface area contributed by atoms with E-state index >= 15 is 0 Å². The minimum atomic E-state index is -0.602. The largest absolute Gasteiger partial charge is 0.506 e. The topological polar surface area (TPSA) is 102 Å². The number of nitrogens with one attached hydrogen (secondary N) is 1. The van der Waals surface area contributed by atoms with Crippen LogP contribution in [0.15, 0.2) is 42.5 Å². The third-order valence-corrected chi connectivity index (χ3v) is 3.03. The summed E-state index contributed by atoms with van der Waals surface area (Å²) in [7, 11) is 0. The summed E-state index contributed by atoms with van der Waals surface area (Å²) in [6.07, 6.45) is 0.883. The van der Waals surface area contributed by atoms with E-state index in [0.29, 0.717) is 17.9 Å². The number of non-ortho nitro benzene ring substituents is 1. The molecule has 0 radical (unpaired) electrons. The van der Waals surface area contributed by atoms with Crippen molar-refractivity contribution in [3.05, 3.63) is 58.1 Å². The van der Waals surface area contributed by atoms with Gasteiger partial charge in [0.15, 0.2) is 0 Å². The molecule has 0 aliphatic heterocycles. The smallest absolute Gasteiger partial charge is 0.271 e. The molecular formula is C16H16N2O5. The van der Waals surface area contributed by atoms with Crippen molar-refractivity contribution >= 4 is 17.3 Å². The first-order chi connectivity index (χ1) is 11.0. The molecule has 2 N–H and O–H groups in total. The lowest BCUT2D eigenvalue weighted by atomic mass is 10.2. The van der Waals surface area contributed by atoms with Crippen molar-refractivity contribution in [1.82, 2.24) is 0 Å². The van der Waals surface area contributed by atoms with Crippen LogP contribution in [0.1, 0.15) is 23.7 Å². The fourth-order valence-corrected chi connectivity index (χ4v) is 1.85. The fraction of sp³-hybridized carbons (Fsp3) is 0.188. The maximum atomic E-state index is 12.1. The van der Waals surface area contributed by atoms with Crippen molar-refractivity contribution in [3.8, 4) is 11.5 Å². The second-order valence-electron chi connectivity index (χ2n) is 4.79. The van der Waals surface area contributed by atoms with Crippen LogP contribution in [0.3, 0.4) is 0 Å². The van der Waals surface area contributed by atoms with Gasteiger partial charge in [-0.05, 0) is 36.8 Å². The molecule has 0 unspecified atom stereocenters. The Bertz CT molecular complexity index is 713. The van der Waals surface area contributed by atoms with E-state index in [2.05, 4.69) is 5.32 Å². The highest BCUT2D eigenvalue weighted by Crippen LogP contribution is 2.28. The molecule has 23 heavy (non-hydrogen) atoms. The maximum absolute atomic E-state index is 12.1. The predicted molar refractivity (Wildman–Crippen MR) is 84.9 cm³/mol. The summed E-state index contributed by atoms with van der Waals surface area (Å²) in [5, 5.41) is 22.9. The van der Waals surface area contributed by atoms with E-state index in [1.165, 1.54) is 0 Å². The van der Waals surface area contributed by atoms with E-state index in [0.717, 1.165) is 24.6 Å². The average Bonchev–Trinajstić information content (AvgIpc) is 2.55. The number of phenols is 1. The van der Waals surface area contributed by atoms with E-state index < -0.39 is 10.8 Å². The number of benzene rings is 2. The van der Waals surface area contributed by atoms with Gasteiger partial charge in [0.25, 0.3) is 11.6 Å². The van der Waals surface area contributed by atoms with Crippen LogP contribution in [-0.4, -0.2) is 22.5 Å². The van der Waals surface area contributed by atoms with Gasteiger partial charge in [-0.2, -0.15) is 0 Å². The van der Waals surface area contributed by atoms with Crippen LogP contribution in [0, 0.1) is 10.1 Å². The summed E-state index contributed by atoms with van der Waals surface area (Å²) in [5.41, 5.74) is 0.108. The Labute approximate surface area is 132 Å². The number of carbonyl (C=O) groups is 1. The van der Waals surface area contributed by atoms with Crippen LogP contribution >= 0.6 is 0 Å². The number of rotatable bonds is 6. The highest BCUT2D eigenvalue weighted by Gasteiger charge is 2.13. The molecule has 7 nitrogen and oxygen atoms in total. The number of nitro groups is 1. The molecule has 0 spiro atoms. The van der Waals surface area contributed by atoms with E-state index in [1.807, 2.05) is 6.92 Å². The quantitative estimate of drug-likeness (QED) is 0.483. The van der Waals surface area contributed by atoms with Crippen molar-refractivity contribution < 1.29 is 19.6 Å². The Hall–Kier alpha value is -3.09. The number of aromatic hydroxyl groups is 1. The maximum Gasteiger partial charge on any atom is 0.271 e. The third kappa shape index (κ3) is 4.19.